The predicted octanol–water partition coefficient (Wildman–Crippen LogP) is 2.21. The van der Waals surface area contributed by atoms with Crippen LogP contribution in [0.15, 0.2) is 30.3 Å². The Morgan fingerprint density at radius 3 is 2.57 bits per heavy atom. The Hall–Kier alpha value is -2.04. The molecule has 0 fully saturated rings. The lowest BCUT2D eigenvalue weighted by Crippen LogP contribution is -2.38. The molecule has 0 spiro atoms. The first kappa shape index (κ1) is 17.0. The molecule has 0 aliphatic rings. The highest BCUT2D eigenvalue weighted by atomic mass is 16.5. The highest BCUT2D eigenvalue weighted by molar-refractivity contribution is 5.73. The number of carbonyl (C=O) groups is 2. The van der Waals surface area contributed by atoms with Crippen LogP contribution in [0.5, 0.6) is 0 Å². The lowest BCUT2D eigenvalue weighted by atomic mass is 10.1. The first-order chi connectivity index (χ1) is 10.1. The molecule has 1 N–H and O–H groups in total. The van der Waals surface area contributed by atoms with Crippen molar-refractivity contribution >= 4 is 12.0 Å². The Morgan fingerprint density at radius 1 is 1.19 bits per heavy atom. The van der Waals surface area contributed by atoms with Crippen LogP contribution in [-0.2, 0) is 16.0 Å². The number of carbonyl (C=O) groups excluding carboxylic acids is 2. The van der Waals surface area contributed by atoms with Gasteiger partial charge in [-0.2, -0.15) is 0 Å². The number of nitrogens with one attached hydrogen (secondary N) is 1. The van der Waals surface area contributed by atoms with Gasteiger partial charge in [0.05, 0.1) is 7.11 Å². The highest BCUT2D eigenvalue weighted by Gasteiger charge is 2.07. The molecular weight excluding hydrogens is 268 g/mol. The van der Waals surface area contributed by atoms with Crippen LogP contribution in [0.1, 0.15) is 24.8 Å². The summed E-state index contributed by atoms with van der Waals surface area (Å²) < 4.78 is 4.56. The second-order valence-electron chi connectivity index (χ2n) is 4.92. The van der Waals surface area contributed by atoms with Crippen LogP contribution in [0.4, 0.5) is 4.79 Å². The summed E-state index contributed by atoms with van der Waals surface area (Å²) in [5.41, 5.74) is 1.22. The number of rotatable bonds is 8. The van der Waals surface area contributed by atoms with E-state index in [1.165, 1.54) is 12.7 Å². The molecule has 0 aliphatic carbocycles. The Bertz CT molecular complexity index is 434. The predicted molar refractivity (Wildman–Crippen MR) is 82.0 cm³/mol. The van der Waals surface area contributed by atoms with Crippen molar-refractivity contribution in [3.63, 3.8) is 0 Å². The normalized spacial score (nSPS) is 10.0. The molecule has 0 aromatic heterocycles. The molecule has 5 heteroatoms. The van der Waals surface area contributed by atoms with Crippen molar-refractivity contribution in [3.05, 3.63) is 35.9 Å². The van der Waals surface area contributed by atoms with Gasteiger partial charge in [-0.05, 0) is 24.8 Å². The number of unbranched alkanes of at least 4 members (excludes halogenated alkanes) is 1. The van der Waals surface area contributed by atoms with Gasteiger partial charge in [0.1, 0.15) is 0 Å². The first-order valence-electron chi connectivity index (χ1n) is 7.23. The Balaban J connectivity index is 2.12. The first-order valence-corrected chi connectivity index (χ1v) is 7.23. The number of hydrogen-bond donors (Lipinski definition) is 1. The molecule has 0 saturated heterocycles. The minimum atomic E-state index is -0.207. The van der Waals surface area contributed by atoms with Crippen LogP contribution in [0.25, 0.3) is 0 Å². The van der Waals surface area contributed by atoms with Gasteiger partial charge in [0.25, 0.3) is 0 Å². The zero-order chi connectivity index (χ0) is 15.5. The van der Waals surface area contributed by atoms with E-state index in [9.17, 15) is 9.59 Å². The van der Waals surface area contributed by atoms with Crippen LogP contribution >= 0.6 is 0 Å². The van der Waals surface area contributed by atoms with E-state index < -0.39 is 0 Å². The number of hydrogen-bond acceptors (Lipinski definition) is 3. The zero-order valence-corrected chi connectivity index (χ0v) is 12.8. The number of esters is 1. The zero-order valence-electron chi connectivity index (χ0n) is 12.8. The molecule has 1 aromatic rings. The van der Waals surface area contributed by atoms with Crippen molar-refractivity contribution < 1.29 is 14.3 Å². The molecule has 116 valence electrons. The topological polar surface area (TPSA) is 58.6 Å². The molecule has 0 aliphatic heterocycles. The van der Waals surface area contributed by atoms with Gasteiger partial charge in [-0.1, -0.05) is 30.3 Å². The van der Waals surface area contributed by atoms with E-state index in [4.69, 9.17) is 0 Å². The second-order valence-corrected chi connectivity index (χ2v) is 4.92. The van der Waals surface area contributed by atoms with Gasteiger partial charge in [0.15, 0.2) is 0 Å². The van der Waals surface area contributed by atoms with E-state index >= 15 is 0 Å². The molecule has 0 bridgehead atoms. The van der Waals surface area contributed by atoms with Gasteiger partial charge in [-0.15, -0.1) is 0 Å². The van der Waals surface area contributed by atoms with E-state index in [2.05, 4.69) is 22.2 Å². The summed E-state index contributed by atoms with van der Waals surface area (Å²) in [4.78, 5) is 24.4. The number of benzene rings is 1. The van der Waals surface area contributed by atoms with Gasteiger partial charge in [0.2, 0.25) is 0 Å². The summed E-state index contributed by atoms with van der Waals surface area (Å²) in [6, 6.07) is 10.0. The van der Waals surface area contributed by atoms with Crippen LogP contribution in [0.3, 0.4) is 0 Å². The minimum absolute atomic E-state index is 0.0796. The maximum absolute atomic E-state index is 11.8. The monoisotopic (exact) mass is 292 g/mol. The summed E-state index contributed by atoms with van der Waals surface area (Å²) in [6.45, 7) is 1.25. The van der Waals surface area contributed by atoms with Crippen molar-refractivity contribution in [3.8, 4) is 0 Å². The third kappa shape index (κ3) is 7.34. The standard InChI is InChI=1S/C16H24N2O3/c1-18(13-11-14-8-4-3-5-9-14)16(20)17-12-7-6-10-15(19)21-2/h3-5,8-9H,6-7,10-13H2,1-2H3,(H,17,20). The summed E-state index contributed by atoms with van der Waals surface area (Å²) in [5, 5.41) is 2.85. The summed E-state index contributed by atoms with van der Waals surface area (Å²) in [7, 11) is 3.17. The maximum atomic E-state index is 11.8. The number of amides is 2. The van der Waals surface area contributed by atoms with Gasteiger partial charge in [-0.3, -0.25) is 4.79 Å². The average molecular weight is 292 g/mol. The molecule has 0 heterocycles. The fourth-order valence-electron chi connectivity index (χ4n) is 1.87. The lowest BCUT2D eigenvalue weighted by molar-refractivity contribution is -0.140. The minimum Gasteiger partial charge on any atom is -0.469 e. The highest BCUT2D eigenvalue weighted by Crippen LogP contribution is 2.01. The number of urea groups is 1. The molecule has 0 unspecified atom stereocenters. The average Bonchev–Trinajstić information content (AvgIpc) is 2.52. The summed E-state index contributed by atoms with van der Waals surface area (Å²) in [5.74, 6) is -0.207. The largest absolute Gasteiger partial charge is 0.469 e. The Morgan fingerprint density at radius 2 is 1.90 bits per heavy atom. The Kier molecular flexibility index (Phi) is 7.94. The number of ether oxygens (including phenoxy) is 1. The third-order valence-corrected chi connectivity index (χ3v) is 3.24. The van der Waals surface area contributed by atoms with Crippen LogP contribution in [0, 0.1) is 0 Å². The van der Waals surface area contributed by atoms with Crippen LogP contribution in [-0.4, -0.2) is 44.1 Å². The van der Waals surface area contributed by atoms with Crippen molar-refractivity contribution in [2.24, 2.45) is 0 Å². The Labute approximate surface area is 126 Å². The number of likely N-dealkylation sites (N-methyl/N-ethyl adjacent to an activating group) is 1. The third-order valence-electron chi connectivity index (χ3n) is 3.24. The number of nitrogens with zero attached hydrogens (tertiary/aromatic N) is 1. The molecule has 21 heavy (non-hydrogen) atoms. The molecule has 5 nitrogen and oxygen atoms in total. The molecule has 0 radical (unpaired) electrons. The van der Waals surface area contributed by atoms with Gasteiger partial charge in [-0.25, -0.2) is 4.79 Å². The van der Waals surface area contributed by atoms with Gasteiger partial charge >= 0.3 is 12.0 Å². The van der Waals surface area contributed by atoms with Gasteiger partial charge in [0, 0.05) is 26.6 Å². The van der Waals surface area contributed by atoms with Crippen molar-refractivity contribution in [1.29, 1.82) is 0 Å². The van der Waals surface area contributed by atoms with Crippen molar-refractivity contribution in [2.75, 3.05) is 27.2 Å². The van der Waals surface area contributed by atoms with Crippen molar-refractivity contribution in [2.45, 2.75) is 25.7 Å². The quantitative estimate of drug-likeness (QED) is 0.590. The smallest absolute Gasteiger partial charge is 0.317 e. The molecule has 0 saturated carbocycles. The summed E-state index contributed by atoms with van der Waals surface area (Å²) in [6.07, 6.45) is 2.73. The van der Waals surface area contributed by atoms with Crippen LogP contribution < -0.4 is 5.32 Å². The van der Waals surface area contributed by atoms with E-state index in [0.29, 0.717) is 19.5 Å². The molecular formula is C16H24N2O3. The summed E-state index contributed by atoms with van der Waals surface area (Å²) >= 11 is 0. The van der Waals surface area contributed by atoms with E-state index in [1.54, 1.807) is 11.9 Å². The second kappa shape index (κ2) is 9.80. The van der Waals surface area contributed by atoms with Gasteiger partial charge < -0.3 is 15.0 Å². The van der Waals surface area contributed by atoms with E-state index in [1.807, 2.05) is 18.2 Å². The lowest BCUT2D eigenvalue weighted by Gasteiger charge is -2.18. The SMILES string of the molecule is COC(=O)CCCCNC(=O)N(C)CCc1ccccc1. The fraction of sp³-hybridized carbons (Fsp3) is 0.500. The molecule has 1 aromatic carbocycles. The maximum Gasteiger partial charge on any atom is 0.317 e. The molecule has 2 amide bonds. The van der Waals surface area contributed by atoms with Crippen molar-refractivity contribution in [1.82, 2.24) is 10.2 Å². The molecule has 0 atom stereocenters. The fourth-order valence-corrected chi connectivity index (χ4v) is 1.87. The van der Waals surface area contributed by atoms with Crippen LogP contribution in [0.2, 0.25) is 0 Å². The van der Waals surface area contributed by atoms with E-state index in [0.717, 1.165) is 19.3 Å². The number of methoxy groups -OCH3 is 1. The van der Waals surface area contributed by atoms with E-state index in [-0.39, 0.29) is 12.0 Å². The molecule has 1 rings (SSSR count).